The van der Waals surface area contributed by atoms with Crippen LogP contribution >= 0.6 is 0 Å². The van der Waals surface area contributed by atoms with Gasteiger partial charge in [0, 0.05) is 24.0 Å². The Bertz CT molecular complexity index is 1430. The number of hydrogen-bond donors (Lipinski definition) is 2. The predicted molar refractivity (Wildman–Crippen MR) is 127 cm³/mol. The van der Waals surface area contributed by atoms with Gasteiger partial charge in [0.25, 0.3) is 10.0 Å². The summed E-state index contributed by atoms with van der Waals surface area (Å²) in [4.78, 5) is 12.3. The molecule has 0 unspecified atom stereocenters. The van der Waals surface area contributed by atoms with E-state index in [4.69, 9.17) is 10.3 Å². The standard InChI is InChI=1S/C24H22N4O4S/c1-16-24(17(2)32-27-16)19-8-10-20(11-9-19)33(30,31)28-14-13-18(15-28)7-12-23(29)26-22-6-4-3-5-21(22)25/h3-15H,25H2,1-2H3,(H,26,29). The van der Waals surface area contributed by atoms with Crippen LogP contribution in [-0.4, -0.2) is 23.5 Å². The first-order valence-electron chi connectivity index (χ1n) is 10.1. The van der Waals surface area contributed by atoms with Crippen LogP contribution < -0.4 is 11.1 Å². The highest BCUT2D eigenvalue weighted by Gasteiger charge is 2.18. The van der Waals surface area contributed by atoms with Gasteiger partial charge in [0.05, 0.1) is 22.0 Å². The van der Waals surface area contributed by atoms with Gasteiger partial charge in [0.2, 0.25) is 5.91 Å². The van der Waals surface area contributed by atoms with E-state index < -0.39 is 10.0 Å². The van der Waals surface area contributed by atoms with Crippen LogP contribution in [0.1, 0.15) is 17.0 Å². The number of anilines is 2. The van der Waals surface area contributed by atoms with Crippen LogP contribution in [0.5, 0.6) is 0 Å². The van der Waals surface area contributed by atoms with Crippen molar-refractivity contribution in [2.75, 3.05) is 11.1 Å². The molecule has 2 aromatic carbocycles. The van der Waals surface area contributed by atoms with E-state index in [1.54, 1.807) is 54.6 Å². The minimum absolute atomic E-state index is 0.140. The lowest BCUT2D eigenvalue weighted by molar-refractivity contribution is -0.111. The van der Waals surface area contributed by atoms with Crippen molar-refractivity contribution in [1.29, 1.82) is 0 Å². The molecule has 0 bridgehead atoms. The summed E-state index contributed by atoms with van der Waals surface area (Å²) in [6.45, 7) is 3.64. The summed E-state index contributed by atoms with van der Waals surface area (Å²) in [6.07, 6.45) is 5.72. The van der Waals surface area contributed by atoms with E-state index >= 15 is 0 Å². The third kappa shape index (κ3) is 4.58. The van der Waals surface area contributed by atoms with Gasteiger partial charge in [0.15, 0.2) is 0 Å². The Kier molecular flexibility index (Phi) is 5.89. The number of nitrogens with zero attached hydrogens (tertiary/aromatic N) is 2. The van der Waals surface area contributed by atoms with Gasteiger partial charge >= 0.3 is 0 Å². The SMILES string of the molecule is Cc1noc(C)c1-c1ccc(S(=O)(=O)n2ccc(C=CC(=O)Nc3ccccc3N)c2)cc1. The van der Waals surface area contributed by atoms with Crippen LogP contribution in [-0.2, 0) is 14.8 Å². The van der Waals surface area contributed by atoms with Gasteiger partial charge in [0.1, 0.15) is 5.76 Å². The number of benzene rings is 2. The maximum absolute atomic E-state index is 13.0. The molecule has 4 aromatic rings. The summed E-state index contributed by atoms with van der Waals surface area (Å²) in [5.41, 5.74) is 9.75. The molecule has 1 amide bonds. The molecule has 0 radical (unpaired) electrons. The number of para-hydroxylation sites is 2. The number of carbonyl (C=O) groups excluding carboxylic acids is 1. The molecule has 0 saturated heterocycles. The number of aromatic nitrogens is 2. The first kappa shape index (κ1) is 22.1. The Morgan fingerprint density at radius 3 is 2.48 bits per heavy atom. The maximum atomic E-state index is 13.0. The Hall–Kier alpha value is -4.11. The molecule has 2 aromatic heterocycles. The minimum Gasteiger partial charge on any atom is -0.397 e. The van der Waals surface area contributed by atoms with Crippen molar-refractivity contribution in [1.82, 2.24) is 9.13 Å². The molecule has 0 atom stereocenters. The fourth-order valence-corrected chi connectivity index (χ4v) is 4.61. The van der Waals surface area contributed by atoms with Crippen LogP contribution in [0.2, 0.25) is 0 Å². The molecule has 0 spiro atoms. The summed E-state index contributed by atoms with van der Waals surface area (Å²) >= 11 is 0. The second-order valence-electron chi connectivity index (χ2n) is 7.41. The summed E-state index contributed by atoms with van der Waals surface area (Å²) < 4.78 is 32.3. The maximum Gasteiger partial charge on any atom is 0.267 e. The number of aryl methyl sites for hydroxylation is 2. The molecule has 0 aliphatic heterocycles. The predicted octanol–water partition coefficient (Wildman–Crippen LogP) is 4.23. The summed E-state index contributed by atoms with van der Waals surface area (Å²) in [6, 6.07) is 15.1. The van der Waals surface area contributed by atoms with Gasteiger partial charge in [-0.15, -0.1) is 0 Å². The second kappa shape index (κ2) is 8.79. The monoisotopic (exact) mass is 462 g/mol. The van der Waals surface area contributed by atoms with Gasteiger partial charge in [-0.1, -0.05) is 29.4 Å². The lowest BCUT2D eigenvalue weighted by atomic mass is 10.0. The van der Waals surface area contributed by atoms with E-state index in [-0.39, 0.29) is 10.8 Å². The molecule has 168 valence electrons. The van der Waals surface area contributed by atoms with Crippen LogP contribution in [0, 0.1) is 13.8 Å². The molecule has 3 N–H and O–H groups in total. The third-order valence-corrected chi connectivity index (χ3v) is 6.74. The minimum atomic E-state index is -3.79. The third-order valence-electron chi connectivity index (χ3n) is 5.09. The van der Waals surface area contributed by atoms with Crippen LogP contribution in [0.4, 0.5) is 11.4 Å². The van der Waals surface area contributed by atoms with E-state index in [0.29, 0.717) is 22.7 Å². The Labute approximate surface area is 191 Å². The normalized spacial score (nSPS) is 11.7. The Morgan fingerprint density at radius 1 is 1.09 bits per heavy atom. The Balaban J connectivity index is 1.50. The van der Waals surface area contributed by atoms with Crippen molar-refractivity contribution < 1.29 is 17.7 Å². The smallest absolute Gasteiger partial charge is 0.267 e. The summed E-state index contributed by atoms with van der Waals surface area (Å²) in [7, 11) is -3.79. The molecule has 9 heteroatoms. The van der Waals surface area contributed by atoms with Gasteiger partial charge in [-0.25, -0.2) is 12.4 Å². The van der Waals surface area contributed by atoms with Crippen molar-refractivity contribution in [3.8, 4) is 11.1 Å². The zero-order valence-corrected chi connectivity index (χ0v) is 18.8. The first-order chi connectivity index (χ1) is 15.8. The first-order valence-corrected chi connectivity index (χ1v) is 11.5. The van der Waals surface area contributed by atoms with Crippen LogP contribution in [0.3, 0.4) is 0 Å². The topological polar surface area (TPSA) is 120 Å². The number of nitrogens with one attached hydrogen (secondary N) is 1. The lowest BCUT2D eigenvalue weighted by Gasteiger charge is -2.07. The molecular weight excluding hydrogens is 440 g/mol. The number of nitrogen functional groups attached to an aromatic ring is 1. The molecule has 33 heavy (non-hydrogen) atoms. The number of rotatable bonds is 6. The fourth-order valence-electron chi connectivity index (χ4n) is 3.41. The summed E-state index contributed by atoms with van der Waals surface area (Å²) in [5.74, 6) is 0.294. The van der Waals surface area contributed by atoms with Gasteiger partial charge in [-0.2, -0.15) is 0 Å². The van der Waals surface area contributed by atoms with Crippen LogP contribution in [0.15, 0.2) is 82.5 Å². The number of hydrogen-bond acceptors (Lipinski definition) is 6. The highest BCUT2D eigenvalue weighted by Crippen LogP contribution is 2.28. The highest BCUT2D eigenvalue weighted by atomic mass is 32.2. The molecular formula is C24H22N4O4S. The highest BCUT2D eigenvalue weighted by molar-refractivity contribution is 7.90. The van der Waals surface area contributed by atoms with Gasteiger partial charge in [-0.3, -0.25) is 4.79 Å². The number of amides is 1. The molecule has 0 saturated carbocycles. The van der Waals surface area contributed by atoms with E-state index in [1.165, 1.54) is 24.5 Å². The Morgan fingerprint density at radius 2 is 1.82 bits per heavy atom. The molecule has 0 fully saturated rings. The van der Waals surface area contributed by atoms with Gasteiger partial charge < -0.3 is 15.6 Å². The molecule has 0 aliphatic carbocycles. The average Bonchev–Trinajstić information content (AvgIpc) is 3.41. The van der Waals surface area contributed by atoms with E-state index in [9.17, 15) is 13.2 Å². The molecule has 4 rings (SSSR count). The van der Waals surface area contributed by atoms with Crippen molar-refractivity contribution in [2.45, 2.75) is 18.7 Å². The van der Waals surface area contributed by atoms with E-state index in [0.717, 1.165) is 20.8 Å². The van der Waals surface area contributed by atoms with E-state index in [1.807, 2.05) is 13.8 Å². The second-order valence-corrected chi connectivity index (χ2v) is 9.26. The number of carbonyl (C=O) groups is 1. The molecule has 2 heterocycles. The quantitative estimate of drug-likeness (QED) is 0.327. The lowest BCUT2D eigenvalue weighted by Crippen LogP contribution is -2.10. The summed E-state index contributed by atoms with van der Waals surface area (Å²) in [5, 5.41) is 6.61. The van der Waals surface area contributed by atoms with Gasteiger partial charge in [-0.05, 0) is 61.4 Å². The zero-order valence-electron chi connectivity index (χ0n) is 18.0. The van der Waals surface area contributed by atoms with E-state index in [2.05, 4.69) is 10.5 Å². The average molecular weight is 463 g/mol. The largest absolute Gasteiger partial charge is 0.397 e. The van der Waals surface area contributed by atoms with Crippen molar-refractivity contribution >= 4 is 33.4 Å². The van der Waals surface area contributed by atoms with Crippen molar-refractivity contribution in [3.63, 3.8) is 0 Å². The fraction of sp³-hybridized carbons (Fsp3) is 0.0833. The van der Waals surface area contributed by atoms with Crippen molar-refractivity contribution in [3.05, 3.63) is 90.1 Å². The molecule has 0 aliphatic rings. The van der Waals surface area contributed by atoms with Crippen LogP contribution in [0.25, 0.3) is 17.2 Å². The molecule has 8 nitrogen and oxygen atoms in total. The number of nitrogens with two attached hydrogens (primary N) is 1. The van der Waals surface area contributed by atoms with Crippen molar-refractivity contribution in [2.24, 2.45) is 0 Å². The zero-order chi connectivity index (χ0) is 23.6.